The molecule has 0 atom stereocenters. The quantitative estimate of drug-likeness (QED) is 0.874. The van der Waals surface area contributed by atoms with E-state index in [1.165, 1.54) is 16.3 Å². The van der Waals surface area contributed by atoms with Crippen LogP contribution in [0.25, 0.3) is 10.8 Å². The molecule has 2 N–H and O–H groups in total. The molecule has 0 bridgehead atoms. The van der Waals surface area contributed by atoms with E-state index in [2.05, 4.69) is 47.4 Å². The van der Waals surface area contributed by atoms with Gasteiger partial charge in [0, 0.05) is 12.6 Å². The van der Waals surface area contributed by atoms with Crippen molar-refractivity contribution in [3.05, 3.63) is 48.0 Å². The summed E-state index contributed by atoms with van der Waals surface area (Å²) in [6.07, 6.45) is 2.26. The molecule has 1 aliphatic rings. The predicted molar refractivity (Wildman–Crippen MR) is 76.4 cm³/mol. The van der Waals surface area contributed by atoms with Crippen molar-refractivity contribution in [2.75, 3.05) is 13.1 Å². The van der Waals surface area contributed by atoms with E-state index < -0.39 is 0 Å². The third kappa shape index (κ3) is 2.40. The van der Waals surface area contributed by atoms with Crippen LogP contribution in [0, 0.1) is 0 Å². The topological polar surface area (TPSA) is 29.3 Å². The number of hydrogen-bond donors (Lipinski definition) is 1. The molecule has 1 fully saturated rings. The highest BCUT2D eigenvalue weighted by Crippen LogP contribution is 2.21. The minimum atomic E-state index is 0.411. The summed E-state index contributed by atoms with van der Waals surface area (Å²) in [5.41, 5.74) is 7.39. The Morgan fingerprint density at radius 3 is 2.56 bits per heavy atom. The van der Waals surface area contributed by atoms with Crippen LogP contribution in [0.2, 0.25) is 0 Å². The van der Waals surface area contributed by atoms with Crippen molar-refractivity contribution in [3.8, 4) is 0 Å². The van der Waals surface area contributed by atoms with Crippen molar-refractivity contribution in [1.29, 1.82) is 0 Å². The number of fused-ring (bicyclic) bond motifs is 1. The summed E-state index contributed by atoms with van der Waals surface area (Å²) in [6.45, 7) is 3.31. The monoisotopic (exact) mass is 240 g/mol. The molecule has 94 valence electrons. The maximum Gasteiger partial charge on any atom is 0.0239 e. The van der Waals surface area contributed by atoms with Gasteiger partial charge in [-0.25, -0.2) is 0 Å². The van der Waals surface area contributed by atoms with E-state index in [-0.39, 0.29) is 0 Å². The Balaban J connectivity index is 1.82. The molecule has 0 amide bonds. The zero-order chi connectivity index (χ0) is 12.4. The average molecular weight is 240 g/mol. The molecule has 18 heavy (non-hydrogen) atoms. The Hall–Kier alpha value is -1.38. The molecule has 0 aliphatic carbocycles. The maximum absolute atomic E-state index is 5.95. The first-order valence-corrected chi connectivity index (χ1v) is 6.77. The maximum atomic E-state index is 5.95. The van der Waals surface area contributed by atoms with Gasteiger partial charge < -0.3 is 5.73 Å². The van der Waals surface area contributed by atoms with Gasteiger partial charge in [-0.3, -0.25) is 4.90 Å². The van der Waals surface area contributed by atoms with Crippen LogP contribution in [0.5, 0.6) is 0 Å². The lowest BCUT2D eigenvalue weighted by Gasteiger charge is -2.30. The molecular formula is C16H20N2. The fourth-order valence-corrected chi connectivity index (χ4v) is 2.78. The average Bonchev–Trinajstić information content (AvgIpc) is 2.42. The van der Waals surface area contributed by atoms with E-state index in [0.717, 1.165) is 32.5 Å². The molecule has 0 aromatic heterocycles. The zero-order valence-corrected chi connectivity index (χ0v) is 10.7. The summed E-state index contributed by atoms with van der Waals surface area (Å²) in [4.78, 5) is 2.52. The van der Waals surface area contributed by atoms with E-state index in [1.54, 1.807) is 0 Å². The molecule has 0 spiro atoms. The molecule has 2 nitrogen and oxygen atoms in total. The smallest absolute Gasteiger partial charge is 0.0239 e. The van der Waals surface area contributed by atoms with Crippen molar-refractivity contribution in [2.24, 2.45) is 5.73 Å². The SMILES string of the molecule is NC1CCN(Cc2cccc3ccccc23)CC1. The third-order valence-electron chi connectivity index (χ3n) is 3.91. The Bertz CT molecular complexity index is 522. The second-order valence-corrected chi connectivity index (χ2v) is 5.25. The fraction of sp³-hybridized carbons (Fsp3) is 0.375. The molecule has 1 aliphatic heterocycles. The number of nitrogens with two attached hydrogens (primary N) is 1. The molecule has 3 rings (SSSR count). The van der Waals surface area contributed by atoms with Gasteiger partial charge in [0.25, 0.3) is 0 Å². The Kier molecular flexibility index (Phi) is 3.31. The van der Waals surface area contributed by atoms with E-state index >= 15 is 0 Å². The number of hydrogen-bond acceptors (Lipinski definition) is 2. The van der Waals surface area contributed by atoms with Crippen LogP contribution >= 0.6 is 0 Å². The normalized spacial score (nSPS) is 18.3. The first-order valence-electron chi connectivity index (χ1n) is 6.77. The molecular weight excluding hydrogens is 220 g/mol. The standard InChI is InChI=1S/C16H20N2/c17-15-8-10-18(11-9-15)12-14-6-3-5-13-4-1-2-7-16(13)14/h1-7,15H,8-12,17H2. The van der Waals surface area contributed by atoms with Gasteiger partial charge in [-0.05, 0) is 42.3 Å². The van der Waals surface area contributed by atoms with Crippen LogP contribution < -0.4 is 5.73 Å². The number of piperidine rings is 1. The molecule has 2 aromatic carbocycles. The lowest BCUT2D eigenvalue weighted by molar-refractivity contribution is 0.206. The van der Waals surface area contributed by atoms with Crippen LogP contribution in [-0.4, -0.2) is 24.0 Å². The number of rotatable bonds is 2. The highest BCUT2D eigenvalue weighted by molar-refractivity contribution is 5.85. The van der Waals surface area contributed by atoms with Gasteiger partial charge in [0.05, 0.1) is 0 Å². The summed E-state index contributed by atoms with van der Waals surface area (Å²) in [5.74, 6) is 0. The molecule has 0 unspecified atom stereocenters. The molecule has 1 heterocycles. The summed E-state index contributed by atoms with van der Waals surface area (Å²) in [7, 11) is 0. The molecule has 2 heteroatoms. The highest BCUT2D eigenvalue weighted by Gasteiger charge is 2.16. The summed E-state index contributed by atoms with van der Waals surface area (Å²) in [6, 6.07) is 15.6. The van der Waals surface area contributed by atoms with E-state index in [9.17, 15) is 0 Å². The fourth-order valence-electron chi connectivity index (χ4n) is 2.78. The van der Waals surface area contributed by atoms with Crippen molar-refractivity contribution >= 4 is 10.8 Å². The summed E-state index contributed by atoms with van der Waals surface area (Å²) in [5, 5.41) is 2.72. The largest absolute Gasteiger partial charge is 0.328 e. The van der Waals surface area contributed by atoms with Gasteiger partial charge in [0.2, 0.25) is 0 Å². The van der Waals surface area contributed by atoms with Crippen LogP contribution in [-0.2, 0) is 6.54 Å². The Morgan fingerprint density at radius 2 is 1.72 bits per heavy atom. The van der Waals surface area contributed by atoms with Gasteiger partial charge in [0.1, 0.15) is 0 Å². The number of nitrogens with zero attached hydrogens (tertiary/aromatic N) is 1. The highest BCUT2D eigenvalue weighted by atomic mass is 15.1. The van der Waals surface area contributed by atoms with Crippen LogP contribution in [0.3, 0.4) is 0 Å². The molecule has 0 radical (unpaired) electrons. The molecule has 0 saturated carbocycles. The van der Waals surface area contributed by atoms with Crippen molar-refractivity contribution in [1.82, 2.24) is 4.90 Å². The van der Waals surface area contributed by atoms with Gasteiger partial charge in [-0.2, -0.15) is 0 Å². The van der Waals surface area contributed by atoms with Crippen molar-refractivity contribution < 1.29 is 0 Å². The Labute approximate surface area is 108 Å². The molecule has 2 aromatic rings. The second kappa shape index (κ2) is 5.09. The lowest BCUT2D eigenvalue weighted by Crippen LogP contribution is -2.39. The summed E-state index contributed by atoms with van der Waals surface area (Å²) < 4.78 is 0. The zero-order valence-electron chi connectivity index (χ0n) is 10.7. The second-order valence-electron chi connectivity index (χ2n) is 5.25. The summed E-state index contributed by atoms with van der Waals surface area (Å²) >= 11 is 0. The van der Waals surface area contributed by atoms with Crippen molar-refractivity contribution in [3.63, 3.8) is 0 Å². The van der Waals surface area contributed by atoms with Crippen LogP contribution in [0.1, 0.15) is 18.4 Å². The van der Waals surface area contributed by atoms with Crippen LogP contribution in [0.4, 0.5) is 0 Å². The molecule has 1 saturated heterocycles. The first-order chi connectivity index (χ1) is 8.83. The lowest BCUT2D eigenvalue weighted by atomic mass is 10.0. The first kappa shape index (κ1) is 11.7. The number of benzene rings is 2. The number of likely N-dealkylation sites (tertiary alicyclic amines) is 1. The van der Waals surface area contributed by atoms with Crippen molar-refractivity contribution in [2.45, 2.75) is 25.4 Å². The van der Waals surface area contributed by atoms with Crippen LogP contribution in [0.15, 0.2) is 42.5 Å². The van der Waals surface area contributed by atoms with E-state index in [0.29, 0.717) is 6.04 Å². The van der Waals surface area contributed by atoms with Gasteiger partial charge in [0.15, 0.2) is 0 Å². The van der Waals surface area contributed by atoms with Gasteiger partial charge in [-0.1, -0.05) is 42.5 Å². The Morgan fingerprint density at radius 1 is 1.00 bits per heavy atom. The minimum absolute atomic E-state index is 0.411. The van der Waals surface area contributed by atoms with Gasteiger partial charge in [-0.15, -0.1) is 0 Å². The third-order valence-corrected chi connectivity index (χ3v) is 3.91. The van der Waals surface area contributed by atoms with E-state index in [1.807, 2.05) is 0 Å². The minimum Gasteiger partial charge on any atom is -0.328 e. The van der Waals surface area contributed by atoms with Gasteiger partial charge >= 0.3 is 0 Å². The predicted octanol–water partition coefficient (Wildman–Crippen LogP) is 2.76. The van der Waals surface area contributed by atoms with E-state index in [4.69, 9.17) is 5.73 Å².